The molecule has 2 aliphatic heterocycles. The molecule has 2 heterocycles. The summed E-state index contributed by atoms with van der Waals surface area (Å²) in [7, 11) is -3.50. The summed E-state index contributed by atoms with van der Waals surface area (Å²) in [4.78, 5) is 1.69. The van der Waals surface area contributed by atoms with Crippen molar-refractivity contribution in [3.63, 3.8) is 0 Å². The van der Waals surface area contributed by atoms with Crippen LogP contribution in [-0.4, -0.2) is 31.5 Å². The lowest BCUT2D eigenvalue weighted by Gasteiger charge is -2.29. The van der Waals surface area contributed by atoms with E-state index in [2.05, 4.69) is 4.40 Å². The number of amidine groups is 1. The first kappa shape index (κ1) is 13.3. The molecule has 0 aromatic heterocycles. The van der Waals surface area contributed by atoms with Crippen molar-refractivity contribution in [3.8, 4) is 0 Å². The first-order chi connectivity index (χ1) is 9.48. The molecule has 20 heavy (non-hydrogen) atoms. The number of sulfonamides is 1. The second kappa shape index (κ2) is 4.71. The highest BCUT2D eigenvalue weighted by Gasteiger charge is 2.28. The summed E-state index contributed by atoms with van der Waals surface area (Å²) in [6, 6.07) is 4.60. The van der Waals surface area contributed by atoms with Gasteiger partial charge < -0.3 is 4.90 Å². The zero-order chi connectivity index (χ0) is 14.3. The van der Waals surface area contributed by atoms with E-state index in [0.29, 0.717) is 12.1 Å². The highest BCUT2D eigenvalue weighted by Crippen LogP contribution is 2.29. The van der Waals surface area contributed by atoms with Crippen molar-refractivity contribution < 1.29 is 12.8 Å². The molecule has 2 aliphatic rings. The summed E-state index contributed by atoms with van der Waals surface area (Å²) < 4.78 is 41.2. The van der Waals surface area contributed by atoms with Crippen LogP contribution in [0.3, 0.4) is 0 Å². The lowest BCUT2D eigenvalue weighted by molar-refractivity contribution is 0.549. The van der Waals surface area contributed by atoms with Crippen molar-refractivity contribution in [1.82, 2.24) is 4.90 Å². The van der Waals surface area contributed by atoms with Crippen LogP contribution in [0.2, 0.25) is 5.02 Å². The van der Waals surface area contributed by atoms with Gasteiger partial charge in [0.05, 0.1) is 10.8 Å². The van der Waals surface area contributed by atoms with Crippen molar-refractivity contribution in [2.45, 2.75) is 0 Å². The van der Waals surface area contributed by atoms with E-state index < -0.39 is 15.8 Å². The van der Waals surface area contributed by atoms with Gasteiger partial charge in [0.15, 0.2) is 5.84 Å². The highest BCUT2D eigenvalue weighted by atomic mass is 35.5. The monoisotopic (exact) mass is 312 g/mol. The minimum Gasteiger partial charge on any atom is -0.331 e. The number of allylic oxidation sites excluding steroid dienone is 2. The van der Waals surface area contributed by atoms with Crippen molar-refractivity contribution in [2.24, 2.45) is 4.40 Å². The lowest BCUT2D eigenvalue weighted by atomic mass is 10.0. The van der Waals surface area contributed by atoms with Crippen LogP contribution >= 0.6 is 11.6 Å². The molecule has 0 saturated heterocycles. The Morgan fingerprint density at radius 1 is 1.35 bits per heavy atom. The molecule has 1 aromatic carbocycles. The topological polar surface area (TPSA) is 49.7 Å². The number of nitrogens with zero attached hydrogens (tertiary/aromatic N) is 2. The molecule has 0 radical (unpaired) electrons. The Kier molecular flexibility index (Phi) is 3.14. The van der Waals surface area contributed by atoms with Crippen molar-refractivity contribution in [1.29, 1.82) is 0 Å². The van der Waals surface area contributed by atoms with Gasteiger partial charge in [-0.15, -0.1) is 4.40 Å². The molecule has 0 atom stereocenters. The number of rotatable bonds is 1. The highest BCUT2D eigenvalue weighted by molar-refractivity contribution is 7.90. The molecule has 0 spiro atoms. The van der Waals surface area contributed by atoms with E-state index in [4.69, 9.17) is 11.6 Å². The molecule has 0 aliphatic carbocycles. The van der Waals surface area contributed by atoms with Crippen molar-refractivity contribution in [3.05, 3.63) is 53.0 Å². The summed E-state index contributed by atoms with van der Waals surface area (Å²) in [5.41, 5.74) is 0.651. The second-order valence-electron chi connectivity index (χ2n) is 4.42. The van der Waals surface area contributed by atoms with Gasteiger partial charge in [-0.25, -0.2) is 12.8 Å². The fourth-order valence-corrected chi connectivity index (χ4v) is 3.30. The minimum absolute atomic E-state index is 0.0104. The quantitative estimate of drug-likeness (QED) is 0.800. The van der Waals surface area contributed by atoms with Crippen LogP contribution in [0.15, 0.2) is 40.9 Å². The van der Waals surface area contributed by atoms with Gasteiger partial charge in [-0.2, -0.15) is 0 Å². The standard InChI is InChI=1S/C13H10ClFN2O2S/c14-11-5-1-3-9(12(11)15)10-4-2-6-17-7-8-20(18,19)16-13(10)17/h1-6H,7-8H2. The van der Waals surface area contributed by atoms with Crippen LogP contribution in [0.1, 0.15) is 5.56 Å². The average Bonchev–Trinajstić information content (AvgIpc) is 2.41. The number of benzene rings is 1. The molecular formula is C13H10ClFN2O2S. The van der Waals surface area contributed by atoms with Gasteiger partial charge in [-0.05, 0) is 18.2 Å². The Balaban J connectivity index is 2.18. The second-order valence-corrected chi connectivity index (χ2v) is 6.58. The Hall–Kier alpha value is -1.66. The molecule has 4 nitrogen and oxygen atoms in total. The van der Waals surface area contributed by atoms with E-state index in [-0.39, 0.29) is 22.2 Å². The first-order valence-corrected chi connectivity index (χ1v) is 7.89. The van der Waals surface area contributed by atoms with Crippen molar-refractivity contribution in [2.75, 3.05) is 12.3 Å². The predicted molar refractivity (Wildman–Crippen MR) is 76.5 cm³/mol. The van der Waals surface area contributed by atoms with Crippen LogP contribution in [0.4, 0.5) is 4.39 Å². The number of halogens is 2. The molecule has 3 rings (SSSR count). The van der Waals surface area contributed by atoms with Crippen LogP contribution in [0, 0.1) is 5.82 Å². The molecule has 0 saturated carbocycles. The van der Waals surface area contributed by atoms with Gasteiger partial charge in [-0.1, -0.05) is 23.7 Å². The van der Waals surface area contributed by atoms with Gasteiger partial charge in [0.1, 0.15) is 5.82 Å². The van der Waals surface area contributed by atoms with Gasteiger partial charge >= 0.3 is 0 Å². The summed E-state index contributed by atoms with van der Waals surface area (Å²) >= 11 is 5.77. The molecule has 0 N–H and O–H groups in total. The van der Waals surface area contributed by atoms with E-state index in [1.807, 2.05) is 0 Å². The van der Waals surface area contributed by atoms with E-state index in [9.17, 15) is 12.8 Å². The zero-order valence-electron chi connectivity index (χ0n) is 10.3. The molecule has 104 valence electrons. The minimum atomic E-state index is -3.50. The summed E-state index contributed by atoms with van der Waals surface area (Å²) in [6.45, 7) is 0.303. The fraction of sp³-hybridized carbons (Fsp3) is 0.154. The lowest BCUT2D eigenvalue weighted by Crippen LogP contribution is -2.37. The van der Waals surface area contributed by atoms with Crippen molar-refractivity contribution >= 4 is 33.0 Å². The molecule has 0 amide bonds. The van der Waals surface area contributed by atoms with Crippen LogP contribution in [-0.2, 0) is 10.0 Å². The molecule has 0 bridgehead atoms. The maximum absolute atomic E-state index is 14.1. The molecule has 7 heteroatoms. The van der Waals surface area contributed by atoms with Crippen LogP contribution in [0.5, 0.6) is 0 Å². The Morgan fingerprint density at radius 3 is 2.95 bits per heavy atom. The van der Waals surface area contributed by atoms with E-state index >= 15 is 0 Å². The van der Waals surface area contributed by atoms with Gasteiger partial charge in [-0.3, -0.25) is 0 Å². The van der Waals surface area contributed by atoms with Gasteiger partial charge in [0.25, 0.3) is 10.0 Å². The predicted octanol–water partition coefficient (Wildman–Crippen LogP) is 2.43. The molecular weight excluding hydrogens is 303 g/mol. The van der Waals surface area contributed by atoms with Gasteiger partial charge in [0, 0.05) is 23.9 Å². The van der Waals surface area contributed by atoms with E-state index in [1.165, 1.54) is 6.07 Å². The Bertz CT molecular complexity index is 769. The summed E-state index contributed by atoms with van der Waals surface area (Å²) in [5, 5.41) is -0.0104. The largest absolute Gasteiger partial charge is 0.331 e. The van der Waals surface area contributed by atoms with E-state index in [1.54, 1.807) is 35.4 Å². The SMILES string of the molecule is O=S1(=O)CCN2C=CC=C(c3cccc(Cl)c3F)C2=N1. The van der Waals surface area contributed by atoms with Gasteiger partial charge in [0.2, 0.25) is 0 Å². The third kappa shape index (κ3) is 2.25. The number of fused-ring (bicyclic) bond motifs is 1. The summed E-state index contributed by atoms with van der Waals surface area (Å²) in [5.74, 6) is -0.396. The molecule has 0 fully saturated rings. The Morgan fingerprint density at radius 2 is 2.15 bits per heavy atom. The molecule has 0 unspecified atom stereocenters. The maximum atomic E-state index is 14.1. The Labute approximate surface area is 120 Å². The third-order valence-corrected chi connectivity index (χ3v) is 4.54. The van der Waals surface area contributed by atoms with E-state index in [0.717, 1.165) is 0 Å². The number of hydrogen-bond acceptors (Lipinski definition) is 3. The zero-order valence-corrected chi connectivity index (χ0v) is 11.8. The fourth-order valence-electron chi connectivity index (χ4n) is 2.14. The molecule has 1 aromatic rings. The average molecular weight is 313 g/mol. The van der Waals surface area contributed by atoms with Crippen LogP contribution in [0.25, 0.3) is 5.57 Å². The van der Waals surface area contributed by atoms with Crippen LogP contribution < -0.4 is 0 Å². The smallest absolute Gasteiger partial charge is 0.256 e. The normalized spacial score (nSPS) is 20.2. The first-order valence-electron chi connectivity index (χ1n) is 5.90. The number of hydrogen-bond donors (Lipinski definition) is 0. The third-order valence-electron chi connectivity index (χ3n) is 3.10. The maximum Gasteiger partial charge on any atom is 0.256 e. The summed E-state index contributed by atoms with van der Waals surface area (Å²) in [6.07, 6.45) is 5.08.